The molecule has 136 valence electrons. The molecule has 3 heterocycles. The molecule has 2 fully saturated rings. The number of rotatable bonds is 4. The first-order valence-corrected chi connectivity index (χ1v) is 8.89. The van der Waals surface area contributed by atoms with Crippen molar-refractivity contribution in [2.75, 3.05) is 13.1 Å². The summed E-state index contributed by atoms with van der Waals surface area (Å²) in [5, 5.41) is 6.46. The number of pyridine rings is 1. The van der Waals surface area contributed by atoms with Crippen LogP contribution in [0.1, 0.15) is 43.0 Å². The van der Waals surface area contributed by atoms with Crippen LogP contribution in [0, 0.1) is 5.41 Å². The summed E-state index contributed by atoms with van der Waals surface area (Å²) in [5.74, 6) is 0.0120. The van der Waals surface area contributed by atoms with Crippen molar-refractivity contribution >= 4 is 11.8 Å². The molecular weight excluding hydrogens is 334 g/mol. The summed E-state index contributed by atoms with van der Waals surface area (Å²) in [5.41, 5.74) is 1.42. The number of nitrogens with one attached hydrogen (secondary N) is 1. The Morgan fingerprint density at radius 3 is 2.54 bits per heavy atom. The lowest BCUT2D eigenvalue weighted by molar-refractivity contribution is -0.134. The van der Waals surface area contributed by atoms with Gasteiger partial charge in [0.2, 0.25) is 18.1 Å². The van der Waals surface area contributed by atoms with Crippen LogP contribution >= 0.6 is 0 Å². The summed E-state index contributed by atoms with van der Waals surface area (Å²) in [6, 6.07) is 2.71. The largest absolute Gasteiger partial charge is 0.342 e. The molecule has 0 aromatic carbocycles. The predicted octanol–water partition coefficient (Wildman–Crippen LogP) is 1.65. The number of amides is 2. The van der Waals surface area contributed by atoms with E-state index < -0.39 is 6.04 Å². The smallest absolute Gasteiger partial charge is 0.253 e. The van der Waals surface area contributed by atoms with E-state index in [-0.39, 0.29) is 11.8 Å². The highest BCUT2D eigenvalue weighted by atomic mass is 16.5. The summed E-state index contributed by atoms with van der Waals surface area (Å²) >= 11 is 0. The van der Waals surface area contributed by atoms with Crippen LogP contribution < -0.4 is 5.32 Å². The molecule has 2 aromatic rings. The fourth-order valence-electron chi connectivity index (χ4n) is 3.44. The molecule has 1 saturated heterocycles. The van der Waals surface area contributed by atoms with Gasteiger partial charge in [0.05, 0.1) is 5.56 Å². The molecule has 1 unspecified atom stereocenters. The Balaban J connectivity index is 1.34. The van der Waals surface area contributed by atoms with Crippen molar-refractivity contribution in [2.24, 2.45) is 5.41 Å². The Morgan fingerprint density at radius 2 is 1.96 bits per heavy atom. The summed E-state index contributed by atoms with van der Waals surface area (Å²) in [7, 11) is 0. The zero-order chi connectivity index (χ0) is 18.1. The molecule has 8 nitrogen and oxygen atoms in total. The Kier molecular flexibility index (Phi) is 4.18. The number of hydrogen-bond donors (Lipinski definition) is 1. The number of hydrogen-bond acceptors (Lipinski definition) is 6. The van der Waals surface area contributed by atoms with Crippen molar-refractivity contribution in [1.82, 2.24) is 25.3 Å². The molecule has 1 atom stereocenters. The van der Waals surface area contributed by atoms with Crippen LogP contribution in [-0.2, 0) is 4.79 Å². The molecule has 1 saturated carbocycles. The van der Waals surface area contributed by atoms with Crippen molar-refractivity contribution in [3.8, 4) is 11.5 Å². The van der Waals surface area contributed by atoms with E-state index in [1.54, 1.807) is 19.1 Å². The Labute approximate surface area is 151 Å². The fraction of sp³-hybridized carbons (Fsp3) is 0.500. The van der Waals surface area contributed by atoms with Gasteiger partial charge in [-0.1, -0.05) is 5.16 Å². The van der Waals surface area contributed by atoms with Gasteiger partial charge >= 0.3 is 0 Å². The van der Waals surface area contributed by atoms with Gasteiger partial charge in [-0.15, -0.1) is 0 Å². The second kappa shape index (κ2) is 6.51. The van der Waals surface area contributed by atoms with Gasteiger partial charge in [0.15, 0.2) is 0 Å². The van der Waals surface area contributed by atoms with Gasteiger partial charge < -0.3 is 14.7 Å². The maximum Gasteiger partial charge on any atom is 0.253 e. The maximum atomic E-state index is 12.6. The molecule has 1 N–H and O–H groups in total. The van der Waals surface area contributed by atoms with Crippen molar-refractivity contribution < 1.29 is 14.1 Å². The van der Waals surface area contributed by atoms with E-state index in [2.05, 4.69) is 25.0 Å². The van der Waals surface area contributed by atoms with E-state index in [9.17, 15) is 9.59 Å². The summed E-state index contributed by atoms with van der Waals surface area (Å²) in [6.07, 6.45) is 7.43. The first kappa shape index (κ1) is 16.7. The van der Waals surface area contributed by atoms with Crippen LogP contribution in [0.25, 0.3) is 11.5 Å². The second-order valence-electron chi connectivity index (χ2n) is 7.21. The van der Waals surface area contributed by atoms with Crippen LogP contribution in [0.4, 0.5) is 0 Å². The predicted molar refractivity (Wildman–Crippen MR) is 91.9 cm³/mol. The Morgan fingerprint density at radius 1 is 1.19 bits per heavy atom. The van der Waals surface area contributed by atoms with Crippen LogP contribution in [0.2, 0.25) is 0 Å². The molecule has 0 radical (unpaired) electrons. The van der Waals surface area contributed by atoms with Crippen molar-refractivity contribution in [2.45, 2.75) is 38.6 Å². The van der Waals surface area contributed by atoms with Gasteiger partial charge in [0, 0.05) is 19.3 Å². The third-order valence-corrected chi connectivity index (χ3v) is 5.43. The minimum atomic E-state index is -0.562. The summed E-state index contributed by atoms with van der Waals surface area (Å²) < 4.78 is 4.68. The van der Waals surface area contributed by atoms with E-state index in [0.29, 0.717) is 22.5 Å². The second-order valence-corrected chi connectivity index (χ2v) is 7.21. The fourth-order valence-corrected chi connectivity index (χ4v) is 3.44. The lowest BCUT2D eigenvalue weighted by atomic mass is 9.93. The highest BCUT2D eigenvalue weighted by Gasteiger charge is 2.45. The van der Waals surface area contributed by atoms with Crippen LogP contribution in [0.15, 0.2) is 29.2 Å². The molecule has 26 heavy (non-hydrogen) atoms. The number of carbonyl (C=O) groups excluding carboxylic acids is 2. The van der Waals surface area contributed by atoms with Gasteiger partial charge in [-0.3, -0.25) is 14.6 Å². The zero-order valence-electron chi connectivity index (χ0n) is 14.6. The minimum absolute atomic E-state index is 0.0229. The molecule has 2 amide bonds. The van der Waals surface area contributed by atoms with Gasteiger partial charge in [-0.05, 0) is 50.2 Å². The molecular formula is C18H21N5O3. The lowest BCUT2D eigenvalue weighted by Gasteiger charge is -2.33. The lowest BCUT2D eigenvalue weighted by Crippen LogP contribution is -2.49. The Bertz CT molecular complexity index is 789. The normalized spacial score (nSPS) is 19.2. The molecule has 1 spiro atoms. The van der Waals surface area contributed by atoms with Gasteiger partial charge in [-0.2, -0.15) is 4.98 Å². The Hall–Kier alpha value is -2.77. The quantitative estimate of drug-likeness (QED) is 0.895. The molecule has 2 aromatic heterocycles. The zero-order valence-corrected chi connectivity index (χ0v) is 14.6. The van der Waals surface area contributed by atoms with Crippen LogP contribution in [0.3, 0.4) is 0 Å². The molecule has 2 aliphatic rings. The van der Waals surface area contributed by atoms with Gasteiger partial charge in [0.25, 0.3) is 5.91 Å². The SMILES string of the molecule is CC(NC(=O)c1ccc(-c2ncon2)nc1)C(=O)N1CCC2(CC1)CC2. The van der Waals surface area contributed by atoms with Crippen LogP contribution in [-0.4, -0.2) is 51.0 Å². The highest BCUT2D eigenvalue weighted by molar-refractivity contribution is 5.97. The monoisotopic (exact) mass is 355 g/mol. The molecule has 1 aliphatic carbocycles. The standard InChI is InChI=1S/C18H21N5O3/c1-12(17(25)23-8-6-18(4-5-18)7-9-23)21-16(24)13-2-3-14(19-10-13)15-20-11-26-22-15/h2-3,10-12H,4-9H2,1H3,(H,21,24). The summed E-state index contributed by atoms with van der Waals surface area (Å²) in [6.45, 7) is 3.31. The van der Waals surface area contributed by atoms with E-state index in [0.717, 1.165) is 25.9 Å². The molecule has 0 bridgehead atoms. The van der Waals surface area contributed by atoms with E-state index in [4.69, 9.17) is 0 Å². The summed E-state index contributed by atoms with van der Waals surface area (Å²) in [4.78, 5) is 34.9. The number of aromatic nitrogens is 3. The minimum Gasteiger partial charge on any atom is -0.342 e. The number of nitrogens with zero attached hydrogens (tertiary/aromatic N) is 4. The third-order valence-electron chi connectivity index (χ3n) is 5.43. The van der Waals surface area contributed by atoms with Crippen LogP contribution in [0.5, 0.6) is 0 Å². The van der Waals surface area contributed by atoms with Crippen molar-refractivity contribution in [1.29, 1.82) is 0 Å². The van der Waals surface area contributed by atoms with Gasteiger partial charge in [0.1, 0.15) is 11.7 Å². The van der Waals surface area contributed by atoms with E-state index in [1.165, 1.54) is 25.4 Å². The average molecular weight is 355 g/mol. The topological polar surface area (TPSA) is 101 Å². The number of piperidine rings is 1. The average Bonchev–Trinajstić information content (AvgIpc) is 3.20. The number of likely N-dealkylation sites (tertiary alicyclic amines) is 1. The molecule has 8 heteroatoms. The van der Waals surface area contributed by atoms with Crippen molar-refractivity contribution in [3.63, 3.8) is 0 Å². The molecule has 1 aliphatic heterocycles. The highest BCUT2D eigenvalue weighted by Crippen LogP contribution is 2.53. The third kappa shape index (κ3) is 3.31. The van der Waals surface area contributed by atoms with Gasteiger partial charge in [-0.25, -0.2) is 0 Å². The number of carbonyl (C=O) groups is 2. The first-order chi connectivity index (χ1) is 12.6. The van der Waals surface area contributed by atoms with E-state index >= 15 is 0 Å². The maximum absolute atomic E-state index is 12.6. The molecule has 4 rings (SSSR count). The van der Waals surface area contributed by atoms with Crippen molar-refractivity contribution in [3.05, 3.63) is 30.3 Å². The first-order valence-electron chi connectivity index (χ1n) is 8.89. The van der Waals surface area contributed by atoms with E-state index in [1.807, 2.05) is 4.90 Å².